The number of nitrogens with one attached hydrogen (secondary N) is 2. The third-order valence-corrected chi connectivity index (χ3v) is 5.32. The Morgan fingerprint density at radius 2 is 2.14 bits per heavy atom. The zero-order chi connectivity index (χ0) is 19.5. The highest BCUT2D eigenvalue weighted by Crippen LogP contribution is 2.23. The second-order valence-electron chi connectivity index (χ2n) is 6.52. The van der Waals surface area contributed by atoms with Crippen molar-refractivity contribution in [1.82, 2.24) is 15.0 Å². The van der Waals surface area contributed by atoms with E-state index in [0.29, 0.717) is 29.6 Å². The fraction of sp³-hybridized carbons (Fsp3) is 0.143. The van der Waals surface area contributed by atoms with E-state index < -0.39 is 0 Å². The monoisotopic (exact) mass is 390 g/mol. The lowest BCUT2D eigenvalue weighted by Crippen LogP contribution is -2.13. The summed E-state index contributed by atoms with van der Waals surface area (Å²) in [6.45, 7) is 1.77. The number of carbonyl (C=O) groups excluding carboxylic acids is 1. The van der Waals surface area contributed by atoms with Crippen molar-refractivity contribution in [3.8, 4) is 10.6 Å². The predicted octanol–water partition coefficient (Wildman–Crippen LogP) is 3.93. The SMILES string of the molecule is Cc1cc2ccc(NC(=O)CCc3csc(-c4cccnc4)n3)cc2[nH]c1=O. The molecule has 0 fully saturated rings. The van der Waals surface area contributed by atoms with Gasteiger partial charge in [0.05, 0.1) is 11.2 Å². The molecule has 0 radical (unpaired) electrons. The highest BCUT2D eigenvalue weighted by molar-refractivity contribution is 7.13. The molecule has 0 aliphatic carbocycles. The quantitative estimate of drug-likeness (QED) is 0.540. The highest BCUT2D eigenvalue weighted by atomic mass is 32.1. The van der Waals surface area contributed by atoms with Gasteiger partial charge in [-0.15, -0.1) is 11.3 Å². The van der Waals surface area contributed by atoms with Crippen molar-refractivity contribution in [3.05, 3.63) is 75.8 Å². The largest absolute Gasteiger partial charge is 0.326 e. The summed E-state index contributed by atoms with van der Waals surface area (Å²) in [4.78, 5) is 35.6. The van der Waals surface area contributed by atoms with Gasteiger partial charge >= 0.3 is 0 Å². The number of aryl methyl sites for hydroxylation is 2. The molecule has 140 valence electrons. The second kappa shape index (κ2) is 7.74. The molecule has 0 aliphatic heterocycles. The average molecular weight is 390 g/mol. The average Bonchev–Trinajstić information content (AvgIpc) is 3.17. The van der Waals surface area contributed by atoms with Crippen molar-refractivity contribution >= 4 is 33.8 Å². The molecule has 0 saturated carbocycles. The molecule has 3 aromatic heterocycles. The number of aromatic amines is 1. The number of nitrogens with zero attached hydrogens (tertiary/aromatic N) is 2. The van der Waals surface area contributed by atoms with E-state index in [1.54, 1.807) is 36.7 Å². The van der Waals surface area contributed by atoms with Crippen LogP contribution in [0.4, 0.5) is 5.69 Å². The number of benzene rings is 1. The van der Waals surface area contributed by atoms with Gasteiger partial charge in [0.15, 0.2) is 0 Å². The number of hydrogen-bond donors (Lipinski definition) is 2. The van der Waals surface area contributed by atoms with Crippen LogP contribution in [0.1, 0.15) is 17.7 Å². The van der Waals surface area contributed by atoms with Crippen LogP contribution < -0.4 is 10.9 Å². The summed E-state index contributed by atoms with van der Waals surface area (Å²) in [5, 5.41) is 6.68. The van der Waals surface area contributed by atoms with Crippen molar-refractivity contribution in [2.45, 2.75) is 19.8 Å². The molecular weight excluding hydrogens is 372 g/mol. The second-order valence-corrected chi connectivity index (χ2v) is 7.38. The van der Waals surface area contributed by atoms with Crippen LogP contribution in [0.2, 0.25) is 0 Å². The number of hydrogen-bond acceptors (Lipinski definition) is 5. The minimum atomic E-state index is -0.121. The van der Waals surface area contributed by atoms with Gasteiger partial charge in [0.25, 0.3) is 5.56 Å². The summed E-state index contributed by atoms with van der Waals surface area (Å²) in [5.41, 5.74) is 3.77. The first-order chi connectivity index (χ1) is 13.6. The van der Waals surface area contributed by atoms with Gasteiger partial charge in [-0.25, -0.2) is 4.98 Å². The van der Waals surface area contributed by atoms with Gasteiger partial charge in [0, 0.05) is 41.0 Å². The van der Waals surface area contributed by atoms with Crippen LogP contribution in [-0.2, 0) is 11.2 Å². The first kappa shape index (κ1) is 18.1. The van der Waals surface area contributed by atoms with E-state index in [-0.39, 0.29) is 11.5 Å². The Balaban J connectivity index is 1.40. The molecule has 3 heterocycles. The lowest BCUT2D eigenvalue weighted by atomic mass is 10.1. The molecule has 4 rings (SSSR count). The number of fused-ring (bicyclic) bond motifs is 1. The Morgan fingerprint density at radius 3 is 2.96 bits per heavy atom. The smallest absolute Gasteiger partial charge is 0.251 e. The number of pyridine rings is 2. The fourth-order valence-electron chi connectivity index (χ4n) is 2.90. The van der Waals surface area contributed by atoms with E-state index >= 15 is 0 Å². The summed E-state index contributed by atoms with van der Waals surface area (Å²) in [7, 11) is 0. The molecule has 1 aromatic carbocycles. The van der Waals surface area contributed by atoms with Gasteiger partial charge in [-0.05, 0) is 49.1 Å². The third kappa shape index (κ3) is 3.99. The van der Waals surface area contributed by atoms with Gasteiger partial charge in [-0.2, -0.15) is 0 Å². The first-order valence-electron chi connectivity index (χ1n) is 8.87. The molecular formula is C21H18N4O2S. The number of amides is 1. The number of thiazole rings is 1. The summed E-state index contributed by atoms with van der Waals surface area (Å²) >= 11 is 1.55. The standard InChI is InChI=1S/C21H18N4O2S/c1-13-9-14-4-5-16(10-18(14)25-20(13)27)23-19(26)7-6-17-12-28-21(24-17)15-3-2-8-22-11-15/h2-5,8-12H,6-7H2,1H3,(H,23,26)(H,25,27). The summed E-state index contributed by atoms with van der Waals surface area (Å²) in [5.74, 6) is -0.0928. The van der Waals surface area contributed by atoms with E-state index in [4.69, 9.17) is 0 Å². The molecule has 0 bridgehead atoms. The van der Waals surface area contributed by atoms with E-state index in [0.717, 1.165) is 21.7 Å². The van der Waals surface area contributed by atoms with E-state index in [2.05, 4.69) is 20.3 Å². The number of rotatable bonds is 5. The van der Waals surface area contributed by atoms with Crippen LogP contribution in [0.3, 0.4) is 0 Å². The minimum absolute atomic E-state index is 0.0928. The lowest BCUT2D eigenvalue weighted by Gasteiger charge is -2.06. The van der Waals surface area contributed by atoms with Gasteiger partial charge in [-0.1, -0.05) is 6.07 Å². The summed E-state index contributed by atoms with van der Waals surface area (Å²) in [6.07, 6.45) is 4.40. The summed E-state index contributed by atoms with van der Waals surface area (Å²) < 4.78 is 0. The Morgan fingerprint density at radius 1 is 1.25 bits per heavy atom. The molecule has 2 N–H and O–H groups in total. The maximum Gasteiger partial charge on any atom is 0.251 e. The van der Waals surface area contributed by atoms with Crippen LogP contribution in [0.25, 0.3) is 21.5 Å². The van der Waals surface area contributed by atoms with Crippen LogP contribution in [-0.4, -0.2) is 20.9 Å². The van der Waals surface area contributed by atoms with Crippen molar-refractivity contribution in [2.24, 2.45) is 0 Å². The molecule has 28 heavy (non-hydrogen) atoms. The Kier molecular flexibility index (Phi) is 4.99. The molecule has 0 spiro atoms. The zero-order valence-electron chi connectivity index (χ0n) is 15.2. The van der Waals surface area contributed by atoms with Gasteiger partial charge in [0.2, 0.25) is 5.91 Å². The Labute approximate surface area is 165 Å². The van der Waals surface area contributed by atoms with Crippen molar-refractivity contribution < 1.29 is 4.79 Å². The maximum atomic E-state index is 12.3. The van der Waals surface area contributed by atoms with Crippen LogP contribution >= 0.6 is 11.3 Å². The number of H-pyrrole nitrogens is 1. The third-order valence-electron chi connectivity index (χ3n) is 4.38. The Bertz CT molecular complexity index is 1200. The van der Waals surface area contributed by atoms with E-state index in [1.165, 1.54) is 0 Å². The summed E-state index contributed by atoms with van der Waals surface area (Å²) in [6, 6.07) is 11.2. The van der Waals surface area contributed by atoms with E-state index in [1.807, 2.05) is 35.7 Å². The maximum absolute atomic E-state index is 12.3. The van der Waals surface area contributed by atoms with E-state index in [9.17, 15) is 9.59 Å². The van der Waals surface area contributed by atoms with Crippen LogP contribution in [0.15, 0.2) is 59.0 Å². The number of aromatic nitrogens is 3. The van der Waals surface area contributed by atoms with Crippen LogP contribution in [0.5, 0.6) is 0 Å². The van der Waals surface area contributed by atoms with Gasteiger partial charge in [0.1, 0.15) is 5.01 Å². The molecule has 4 aromatic rings. The Hall–Kier alpha value is -3.32. The molecule has 6 nitrogen and oxygen atoms in total. The fourth-order valence-corrected chi connectivity index (χ4v) is 3.74. The predicted molar refractivity (Wildman–Crippen MR) is 112 cm³/mol. The molecule has 0 aliphatic rings. The number of anilines is 1. The minimum Gasteiger partial charge on any atom is -0.326 e. The van der Waals surface area contributed by atoms with Crippen molar-refractivity contribution in [1.29, 1.82) is 0 Å². The first-order valence-corrected chi connectivity index (χ1v) is 9.75. The zero-order valence-corrected chi connectivity index (χ0v) is 16.0. The van der Waals surface area contributed by atoms with Crippen molar-refractivity contribution in [2.75, 3.05) is 5.32 Å². The molecule has 0 saturated heterocycles. The number of carbonyl (C=O) groups is 1. The molecule has 1 amide bonds. The molecule has 7 heteroatoms. The van der Waals surface area contributed by atoms with Crippen LogP contribution in [0, 0.1) is 6.92 Å². The highest BCUT2D eigenvalue weighted by Gasteiger charge is 2.09. The van der Waals surface area contributed by atoms with Gasteiger partial charge in [-0.3, -0.25) is 14.6 Å². The lowest BCUT2D eigenvalue weighted by molar-refractivity contribution is -0.116. The molecule has 0 unspecified atom stereocenters. The van der Waals surface area contributed by atoms with Crippen molar-refractivity contribution in [3.63, 3.8) is 0 Å². The normalized spacial score (nSPS) is 10.9. The topological polar surface area (TPSA) is 87.7 Å². The van der Waals surface area contributed by atoms with Gasteiger partial charge < -0.3 is 10.3 Å². The molecule has 0 atom stereocenters.